The van der Waals surface area contributed by atoms with E-state index >= 15 is 0 Å². The van der Waals surface area contributed by atoms with Crippen molar-refractivity contribution < 1.29 is 9.59 Å². The van der Waals surface area contributed by atoms with Crippen molar-refractivity contribution in [1.82, 2.24) is 15.2 Å². The first kappa shape index (κ1) is 12.8. The van der Waals surface area contributed by atoms with Crippen LogP contribution in [0.4, 0.5) is 0 Å². The van der Waals surface area contributed by atoms with Crippen molar-refractivity contribution in [2.45, 2.75) is 12.8 Å². The molecule has 0 atom stereocenters. The Labute approximate surface area is 110 Å². The van der Waals surface area contributed by atoms with Gasteiger partial charge < -0.3 is 10.2 Å². The van der Waals surface area contributed by atoms with Crippen molar-refractivity contribution in [3.8, 4) is 0 Å². The second-order valence-electron chi connectivity index (χ2n) is 4.14. The van der Waals surface area contributed by atoms with Gasteiger partial charge in [-0.3, -0.25) is 9.59 Å². The molecule has 1 N–H and O–H groups in total. The van der Waals surface area contributed by atoms with Crippen LogP contribution in [0.2, 0.25) is 5.15 Å². The Bertz CT molecular complexity index is 441. The largest absolute Gasteiger partial charge is 0.343 e. The molecule has 0 radical (unpaired) electrons. The topological polar surface area (TPSA) is 62.3 Å². The van der Waals surface area contributed by atoms with E-state index in [0.717, 1.165) is 25.9 Å². The van der Waals surface area contributed by atoms with Gasteiger partial charge >= 0.3 is 0 Å². The molecule has 1 aliphatic rings. The average molecular weight is 268 g/mol. The van der Waals surface area contributed by atoms with Gasteiger partial charge in [0, 0.05) is 19.3 Å². The van der Waals surface area contributed by atoms with E-state index in [0.29, 0.717) is 10.7 Å². The molecule has 1 saturated heterocycles. The molecule has 96 valence electrons. The van der Waals surface area contributed by atoms with E-state index in [4.69, 9.17) is 11.6 Å². The summed E-state index contributed by atoms with van der Waals surface area (Å²) in [6, 6.07) is 3.11. The predicted octanol–water partition coefficient (Wildman–Crippen LogP) is 1.09. The molecule has 2 amide bonds. The lowest BCUT2D eigenvalue weighted by atomic mass is 10.2. The van der Waals surface area contributed by atoms with Crippen LogP contribution in [-0.4, -0.2) is 41.3 Å². The molecule has 0 unspecified atom stereocenters. The van der Waals surface area contributed by atoms with E-state index < -0.39 is 0 Å². The van der Waals surface area contributed by atoms with E-state index in [9.17, 15) is 9.59 Å². The number of hydrogen-bond acceptors (Lipinski definition) is 3. The standard InChI is InChI=1S/C12H14ClN3O2/c13-10-4-3-9(7-14-10)12(18)15-8-11(17)16-5-1-2-6-16/h3-4,7H,1-2,5-6,8H2,(H,15,18). The van der Waals surface area contributed by atoms with Crippen molar-refractivity contribution in [3.05, 3.63) is 29.0 Å². The van der Waals surface area contributed by atoms with Crippen molar-refractivity contribution in [3.63, 3.8) is 0 Å². The quantitative estimate of drug-likeness (QED) is 0.834. The number of aromatic nitrogens is 1. The van der Waals surface area contributed by atoms with Gasteiger partial charge in [-0.05, 0) is 25.0 Å². The van der Waals surface area contributed by atoms with Gasteiger partial charge in [-0.2, -0.15) is 0 Å². The highest BCUT2D eigenvalue weighted by Gasteiger charge is 2.18. The number of carbonyl (C=O) groups is 2. The number of rotatable bonds is 3. The van der Waals surface area contributed by atoms with E-state index in [2.05, 4.69) is 10.3 Å². The fraction of sp³-hybridized carbons (Fsp3) is 0.417. The van der Waals surface area contributed by atoms with Crippen LogP contribution in [-0.2, 0) is 4.79 Å². The Hall–Kier alpha value is -1.62. The van der Waals surface area contributed by atoms with Crippen molar-refractivity contribution >= 4 is 23.4 Å². The molecule has 0 spiro atoms. The first-order chi connectivity index (χ1) is 8.66. The van der Waals surface area contributed by atoms with Crippen LogP contribution in [0.3, 0.4) is 0 Å². The van der Waals surface area contributed by atoms with Crippen LogP contribution in [0.1, 0.15) is 23.2 Å². The van der Waals surface area contributed by atoms with Crippen LogP contribution in [0.5, 0.6) is 0 Å². The maximum absolute atomic E-state index is 11.7. The van der Waals surface area contributed by atoms with Gasteiger partial charge in [0.15, 0.2) is 0 Å². The average Bonchev–Trinajstić information content (AvgIpc) is 2.90. The number of likely N-dealkylation sites (tertiary alicyclic amines) is 1. The van der Waals surface area contributed by atoms with Gasteiger partial charge in [0.1, 0.15) is 5.15 Å². The molecule has 1 aliphatic heterocycles. The highest BCUT2D eigenvalue weighted by atomic mass is 35.5. The first-order valence-corrected chi connectivity index (χ1v) is 6.22. The summed E-state index contributed by atoms with van der Waals surface area (Å²) in [5, 5.41) is 2.91. The van der Waals surface area contributed by atoms with Crippen LogP contribution < -0.4 is 5.32 Å². The number of pyridine rings is 1. The summed E-state index contributed by atoms with van der Waals surface area (Å²) in [7, 11) is 0. The lowest BCUT2D eigenvalue weighted by Crippen LogP contribution is -2.38. The Balaban J connectivity index is 1.84. The molecule has 2 heterocycles. The molecule has 18 heavy (non-hydrogen) atoms. The summed E-state index contributed by atoms with van der Waals surface area (Å²) in [5.74, 6) is -0.352. The van der Waals surface area contributed by atoms with E-state index in [-0.39, 0.29) is 18.4 Å². The number of carbonyl (C=O) groups excluding carboxylic acids is 2. The highest BCUT2D eigenvalue weighted by Crippen LogP contribution is 2.07. The zero-order valence-corrected chi connectivity index (χ0v) is 10.6. The molecule has 1 aromatic rings. The summed E-state index contributed by atoms with van der Waals surface area (Å²) in [6.07, 6.45) is 3.47. The van der Waals surface area contributed by atoms with E-state index in [1.54, 1.807) is 17.0 Å². The van der Waals surface area contributed by atoms with Crippen LogP contribution >= 0.6 is 11.6 Å². The maximum Gasteiger partial charge on any atom is 0.253 e. The number of halogens is 1. The zero-order valence-electron chi connectivity index (χ0n) is 9.86. The minimum Gasteiger partial charge on any atom is -0.343 e. The maximum atomic E-state index is 11.7. The monoisotopic (exact) mass is 267 g/mol. The molecule has 1 aromatic heterocycles. The third kappa shape index (κ3) is 3.20. The summed E-state index contributed by atoms with van der Waals surface area (Å²) >= 11 is 5.63. The fourth-order valence-corrected chi connectivity index (χ4v) is 1.96. The second kappa shape index (κ2) is 5.82. The minimum absolute atomic E-state index is 0.0292. The van der Waals surface area contributed by atoms with Crippen LogP contribution in [0.15, 0.2) is 18.3 Å². The second-order valence-corrected chi connectivity index (χ2v) is 4.53. The summed E-state index contributed by atoms with van der Waals surface area (Å²) in [6.45, 7) is 1.61. The molecular formula is C12H14ClN3O2. The van der Waals surface area contributed by atoms with Gasteiger partial charge in [-0.15, -0.1) is 0 Å². The van der Waals surface area contributed by atoms with E-state index in [1.807, 2.05) is 0 Å². The van der Waals surface area contributed by atoms with Crippen LogP contribution in [0, 0.1) is 0 Å². The summed E-state index contributed by atoms with van der Waals surface area (Å²) in [5.41, 5.74) is 0.397. The molecule has 1 fully saturated rings. The minimum atomic E-state index is -0.313. The Morgan fingerprint density at radius 3 is 2.67 bits per heavy atom. The molecule has 6 heteroatoms. The Morgan fingerprint density at radius 2 is 2.06 bits per heavy atom. The summed E-state index contributed by atoms with van der Waals surface area (Å²) < 4.78 is 0. The van der Waals surface area contributed by atoms with Crippen molar-refractivity contribution in [2.75, 3.05) is 19.6 Å². The lowest BCUT2D eigenvalue weighted by Gasteiger charge is -2.15. The number of nitrogens with one attached hydrogen (secondary N) is 1. The SMILES string of the molecule is O=C(NCC(=O)N1CCCC1)c1ccc(Cl)nc1. The number of nitrogens with zero attached hydrogens (tertiary/aromatic N) is 2. The molecule has 0 aromatic carbocycles. The number of hydrogen-bond donors (Lipinski definition) is 1. The highest BCUT2D eigenvalue weighted by molar-refractivity contribution is 6.29. The normalized spacial score (nSPS) is 14.6. The molecule has 0 aliphatic carbocycles. The van der Waals surface area contributed by atoms with E-state index in [1.165, 1.54) is 6.20 Å². The Kier molecular flexibility index (Phi) is 4.15. The molecule has 0 bridgehead atoms. The molecular weight excluding hydrogens is 254 g/mol. The zero-order chi connectivity index (χ0) is 13.0. The smallest absolute Gasteiger partial charge is 0.253 e. The molecule has 5 nitrogen and oxygen atoms in total. The van der Waals surface area contributed by atoms with Crippen molar-refractivity contribution in [2.24, 2.45) is 0 Å². The van der Waals surface area contributed by atoms with Gasteiger partial charge in [-0.25, -0.2) is 4.98 Å². The van der Waals surface area contributed by atoms with Crippen LogP contribution in [0.25, 0.3) is 0 Å². The summed E-state index contributed by atoms with van der Waals surface area (Å²) in [4.78, 5) is 29.0. The molecule has 2 rings (SSSR count). The predicted molar refractivity (Wildman–Crippen MR) is 67.4 cm³/mol. The van der Waals surface area contributed by atoms with Gasteiger partial charge in [0.2, 0.25) is 5.91 Å². The molecule has 0 saturated carbocycles. The lowest BCUT2D eigenvalue weighted by molar-refractivity contribution is -0.129. The van der Waals surface area contributed by atoms with Gasteiger partial charge in [-0.1, -0.05) is 11.6 Å². The fourth-order valence-electron chi connectivity index (χ4n) is 1.85. The third-order valence-corrected chi connectivity index (χ3v) is 3.07. The van der Waals surface area contributed by atoms with Crippen molar-refractivity contribution in [1.29, 1.82) is 0 Å². The number of amides is 2. The van der Waals surface area contributed by atoms with Gasteiger partial charge in [0.05, 0.1) is 12.1 Å². The first-order valence-electron chi connectivity index (χ1n) is 5.84. The third-order valence-electron chi connectivity index (χ3n) is 2.85. The van der Waals surface area contributed by atoms with Gasteiger partial charge in [0.25, 0.3) is 5.91 Å². The Morgan fingerprint density at radius 1 is 1.33 bits per heavy atom.